The molecule has 0 aromatic carbocycles. The average Bonchev–Trinajstić information content (AvgIpc) is 2.74. The maximum absolute atomic E-state index is 11.7. The molecular weight excluding hydrogens is 288 g/mol. The van der Waals surface area contributed by atoms with E-state index in [0.29, 0.717) is 6.54 Å². The largest absolute Gasteiger partial charge is 0.478 e. The Balaban J connectivity index is 2.71. The number of carboxylic acid groups (broad SMARTS) is 1. The third kappa shape index (κ3) is 5.11. The molecule has 0 radical (unpaired) electrons. The van der Waals surface area contributed by atoms with E-state index in [1.54, 1.807) is 18.4 Å². The molecule has 0 spiro atoms. The summed E-state index contributed by atoms with van der Waals surface area (Å²) in [7, 11) is -1.96. The second-order valence-corrected chi connectivity index (χ2v) is 6.59. The van der Waals surface area contributed by atoms with Crippen LogP contribution >= 0.6 is 11.3 Å². The van der Waals surface area contributed by atoms with Gasteiger partial charge in [0.05, 0.1) is 0 Å². The number of aliphatic carboxylic acids is 1. The van der Waals surface area contributed by atoms with Crippen molar-refractivity contribution in [2.75, 3.05) is 13.6 Å². The van der Waals surface area contributed by atoms with Crippen molar-refractivity contribution in [1.82, 2.24) is 9.03 Å². The van der Waals surface area contributed by atoms with Gasteiger partial charge in [-0.25, -0.2) is 9.52 Å². The lowest BCUT2D eigenvalue weighted by Crippen LogP contribution is -2.37. The topological polar surface area (TPSA) is 86.7 Å². The second-order valence-electron chi connectivity index (χ2n) is 3.79. The zero-order valence-electron chi connectivity index (χ0n) is 10.7. The first kappa shape index (κ1) is 15.8. The lowest BCUT2D eigenvalue weighted by atomic mass is 10.3. The van der Waals surface area contributed by atoms with Crippen LogP contribution < -0.4 is 4.72 Å². The van der Waals surface area contributed by atoms with Crippen LogP contribution in [0.1, 0.15) is 17.4 Å². The molecule has 1 aromatic heterocycles. The quantitative estimate of drug-likeness (QED) is 0.739. The van der Waals surface area contributed by atoms with Crippen LogP contribution in [0.4, 0.5) is 0 Å². The van der Waals surface area contributed by atoms with Crippen LogP contribution in [-0.4, -0.2) is 37.4 Å². The van der Waals surface area contributed by atoms with E-state index < -0.39 is 16.2 Å². The maximum Gasteiger partial charge on any atom is 0.328 e. The highest BCUT2D eigenvalue weighted by Gasteiger charge is 2.16. The average molecular weight is 304 g/mol. The first-order valence-corrected chi connectivity index (χ1v) is 7.86. The monoisotopic (exact) mass is 304 g/mol. The standard InChI is InChI=1S/C11H16N2O4S2/c1-3-12-19(16,17)13(2)7-9-6-10(18-8-9)4-5-11(14)15/h4-6,8,12H,3,7H2,1-2H3,(H,14,15)/b5-4+. The molecule has 19 heavy (non-hydrogen) atoms. The van der Waals surface area contributed by atoms with Crippen LogP contribution in [0.2, 0.25) is 0 Å². The predicted octanol–water partition coefficient (Wildman–Crippen LogP) is 1.13. The summed E-state index contributed by atoms with van der Waals surface area (Å²) in [6, 6.07) is 1.77. The fraction of sp³-hybridized carbons (Fsp3) is 0.364. The highest BCUT2D eigenvalue weighted by atomic mass is 32.2. The van der Waals surface area contributed by atoms with E-state index >= 15 is 0 Å². The molecule has 0 amide bonds. The number of rotatable bonds is 7. The summed E-state index contributed by atoms with van der Waals surface area (Å²) in [5, 5.41) is 10.3. The van der Waals surface area contributed by atoms with Crippen LogP contribution in [0.5, 0.6) is 0 Å². The van der Waals surface area contributed by atoms with Crippen LogP contribution in [0, 0.1) is 0 Å². The summed E-state index contributed by atoms with van der Waals surface area (Å²) in [5.41, 5.74) is 0.819. The molecule has 0 aliphatic rings. The van der Waals surface area contributed by atoms with E-state index in [9.17, 15) is 13.2 Å². The van der Waals surface area contributed by atoms with E-state index in [4.69, 9.17) is 5.11 Å². The first-order valence-electron chi connectivity index (χ1n) is 5.54. The summed E-state index contributed by atoms with van der Waals surface area (Å²) >= 11 is 1.37. The van der Waals surface area contributed by atoms with Gasteiger partial charge in [0.25, 0.3) is 10.2 Å². The Labute approximate surface area is 116 Å². The van der Waals surface area contributed by atoms with E-state index in [1.165, 1.54) is 28.8 Å². The number of nitrogens with zero attached hydrogens (tertiary/aromatic N) is 1. The Morgan fingerprint density at radius 3 is 2.84 bits per heavy atom. The molecule has 2 N–H and O–H groups in total. The van der Waals surface area contributed by atoms with Gasteiger partial charge >= 0.3 is 5.97 Å². The van der Waals surface area contributed by atoms with E-state index in [2.05, 4.69) is 4.72 Å². The zero-order chi connectivity index (χ0) is 14.5. The molecule has 106 valence electrons. The fourth-order valence-electron chi connectivity index (χ4n) is 1.35. The SMILES string of the molecule is CCNS(=O)(=O)N(C)Cc1csc(/C=C/C(=O)O)c1. The van der Waals surface area contributed by atoms with Crippen molar-refractivity contribution >= 4 is 33.6 Å². The number of carboxylic acids is 1. The van der Waals surface area contributed by atoms with E-state index in [-0.39, 0.29) is 6.54 Å². The van der Waals surface area contributed by atoms with E-state index in [1.807, 2.05) is 0 Å². The van der Waals surface area contributed by atoms with Gasteiger partial charge in [-0.1, -0.05) is 6.92 Å². The van der Waals surface area contributed by atoms with Crippen molar-refractivity contribution in [3.63, 3.8) is 0 Å². The van der Waals surface area contributed by atoms with E-state index in [0.717, 1.165) is 16.5 Å². The van der Waals surface area contributed by atoms with Gasteiger partial charge in [-0.05, 0) is 23.1 Å². The summed E-state index contributed by atoms with van der Waals surface area (Å²) in [4.78, 5) is 11.2. The Hall–Kier alpha value is -1.22. The number of hydrogen-bond donors (Lipinski definition) is 2. The summed E-state index contributed by atoms with van der Waals surface area (Å²) in [5.74, 6) is -1.01. The van der Waals surface area contributed by atoms with Crippen molar-refractivity contribution in [3.8, 4) is 0 Å². The number of carbonyl (C=O) groups is 1. The minimum atomic E-state index is -3.45. The molecule has 0 saturated carbocycles. The number of nitrogens with one attached hydrogen (secondary N) is 1. The molecule has 8 heteroatoms. The number of thiophene rings is 1. The molecule has 0 fully saturated rings. The Morgan fingerprint density at radius 1 is 1.58 bits per heavy atom. The predicted molar refractivity (Wildman–Crippen MR) is 75.1 cm³/mol. The third-order valence-electron chi connectivity index (χ3n) is 2.21. The minimum absolute atomic E-state index is 0.243. The van der Waals surface area contributed by atoms with Gasteiger partial charge in [0.2, 0.25) is 0 Å². The van der Waals surface area contributed by atoms with Crippen molar-refractivity contribution in [2.24, 2.45) is 0 Å². The summed E-state index contributed by atoms with van der Waals surface area (Å²) in [6.07, 6.45) is 2.53. The van der Waals surface area contributed by atoms with Crippen molar-refractivity contribution in [2.45, 2.75) is 13.5 Å². The van der Waals surface area contributed by atoms with Gasteiger partial charge in [0, 0.05) is 31.1 Å². The van der Waals surface area contributed by atoms with Crippen molar-refractivity contribution < 1.29 is 18.3 Å². The molecule has 0 saturated heterocycles. The molecule has 1 rings (SSSR count). The molecular formula is C11H16N2O4S2. The van der Waals surface area contributed by atoms with Crippen molar-refractivity contribution in [3.05, 3.63) is 28.0 Å². The second kappa shape index (κ2) is 6.80. The lowest BCUT2D eigenvalue weighted by Gasteiger charge is -2.16. The molecule has 1 heterocycles. The van der Waals surface area contributed by atoms with Gasteiger partial charge < -0.3 is 5.11 Å². The summed E-state index contributed by atoms with van der Waals surface area (Å²) in [6.45, 7) is 2.29. The highest BCUT2D eigenvalue weighted by Crippen LogP contribution is 2.18. The van der Waals surface area contributed by atoms with Gasteiger partial charge in [-0.2, -0.15) is 12.7 Å². The van der Waals surface area contributed by atoms with Gasteiger partial charge in [-0.3, -0.25) is 0 Å². The maximum atomic E-state index is 11.7. The zero-order valence-corrected chi connectivity index (χ0v) is 12.3. The molecule has 1 aromatic rings. The number of hydrogen-bond acceptors (Lipinski definition) is 4. The molecule has 0 aliphatic carbocycles. The minimum Gasteiger partial charge on any atom is -0.478 e. The molecule has 0 unspecified atom stereocenters. The van der Waals surface area contributed by atoms with Crippen LogP contribution in [0.15, 0.2) is 17.5 Å². The van der Waals surface area contributed by atoms with Crippen molar-refractivity contribution in [1.29, 1.82) is 0 Å². The molecule has 0 bridgehead atoms. The Kier molecular flexibility index (Phi) is 5.67. The lowest BCUT2D eigenvalue weighted by molar-refractivity contribution is -0.131. The molecule has 0 atom stereocenters. The Bertz CT molecular complexity index is 563. The van der Waals surface area contributed by atoms with Crippen LogP contribution in [0.3, 0.4) is 0 Å². The molecule has 0 aliphatic heterocycles. The van der Waals surface area contributed by atoms with Gasteiger partial charge in [0.1, 0.15) is 0 Å². The Morgan fingerprint density at radius 2 is 2.26 bits per heavy atom. The van der Waals surface area contributed by atoms with Gasteiger partial charge in [-0.15, -0.1) is 11.3 Å². The van der Waals surface area contributed by atoms with Crippen LogP contribution in [-0.2, 0) is 21.5 Å². The highest BCUT2D eigenvalue weighted by molar-refractivity contribution is 7.87. The smallest absolute Gasteiger partial charge is 0.328 e. The third-order valence-corrected chi connectivity index (χ3v) is 4.76. The molecule has 6 nitrogen and oxygen atoms in total. The fourth-order valence-corrected chi connectivity index (χ4v) is 3.05. The van der Waals surface area contributed by atoms with Gasteiger partial charge in [0.15, 0.2) is 0 Å². The normalized spacial score (nSPS) is 12.4. The van der Waals surface area contributed by atoms with Crippen LogP contribution in [0.25, 0.3) is 6.08 Å². The first-order chi connectivity index (χ1) is 8.85. The summed E-state index contributed by atoms with van der Waals surface area (Å²) < 4.78 is 27.0.